The second kappa shape index (κ2) is 8.04. The molecule has 0 fully saturated rings. The summed E-state index contributed by atoms with van der Waals surface area (Å²) in [6.07, 6.45) is -1.40. The molecule has 1 atom stereocenters. The molecule has 2 aromatic rings. The normalized spacial score (nSPS) is 13.1. The molecular weight excluding hydrogens is 451 g/mol. The molecule has 0 amide bonds. The molecule has 0 saturated heterocycles. The zero-order valence-electron chi connectivity index (χ0n) is 13.9. The maximum atomic E-state index is 14.3. The van der Waals surface area contributed by atoms with Crippen molar-refractivity contribution in [2.24, 2.45) is 0 Å². The summed E-state index contributed by atoms with van der Waals surface area (Å²) < 4.78 is 164. The topological polar surface area (TPSA) is 0 Å². The molecule has 0 aliphatic heterocycles. The number of halogens is 12. The molecule has 13 heteroatoms. The Morgan fingerprint density at radius 3 is 1.28 bits per heavy atom. The predicted molar refractivity (Wildman–Crippen MR) is 79.3 cm³/mol. The third-order valence-corrected chi connectivity index (χ3v) is 6.19. The van der Waals surface area contributed by atoms with E-state index in [0.29, 0.717) is 0 Å². The molecule has 0 heterocycles. The summed E-state index contributed by atoms with van der Waals surface area (Å²) in [5.74, 6) is -30.1. The molecule has 0 bridgehead atoms. The number of alkyl halides is 3. The van der Waals surface area contributed by atoms with Crippen molar-refractivity contribution in [2.45, 2.75) is 19.3 Å². The van der Waals surface area contributed by atoms with Crippen LogP contribution in [0.5, 0.6) is 0 Å². The van der Waals surface area contributed by atoms with Crippen LogP contribution in [0.2, 0.25) is 0 Å². The lowest BCUT2D eigenvalue weighted by molar-refractivity contribution is -0.0391. The molecule has 0 spiro atoms. The van der Waals surface area contributed by atoms with Gasteiger partial charge in [-0.25, -0.2) is 39.5 Å². The minimum absolute atomic E-state index is 0.373. The second-order valence-corrected chi connectivity index (χ2v) is 7.80. The van der Waals surface area contributed by atoms with Crippen LogP contribution in [-0.4, -0.2) is 12.1 Å². The van der Waals surface area contributed by atoms with Crippen molar-refractivity contribution in [1.82, 2.24) is 0 Å². The quantitative estimate of drug-likeness (QED) is 0.209. The van der Waals surface area contributed by atoms with Crippen LogP contribution in [0.3, 0.4) is 0 Å². The molecule has 160 valence electrons. The van der Waals surface area contributed by atoms with E-state index in [-0.39, 0.29) is 6.42 Å². The first kappa shape index (κ1) is 23.3. The molecule has 1 unspecified atom stereocenters. The van der Waals surface area contributed by atoms with Gasteiger partial charge in [0, 0.05) is 18.8 Å². The summed E-state index contributed by atoms with van der Waals surface area (Å²) in [5, 5.41) is -2.05. The van der Waals surface area contributed by atoms with Gasteiger partial charge >= 0.3 is 5.92 Å². The molecule has 0 saturated carbocycles. The molecule has 2 aromatic carbocycles. The lowest BCUT2D eigenvalue weighted by atomic mass is 10.0. The van der Waals surface area contributed by atoms with Gasteiger partial charge in [-0.3, -0.25) is 0 Å². The van der Waals surface area contributed by atoms with E-state index in [1.54, 1.807) is 0 Å². The standard InChI is InChI=1S/C16H7F12P/c1-2-3-29(16(26,27)28)15-5(8(19)11(22)13(24)14(15)25)4-6(17)9(20)12(23)10(21)7(4)18/h2-3H2,1H3. The van der Waals surface area contributed by atoms with Crippen LogP contribution in [0.1, 0.15) is 13.3 Å². The second-order valence-electron chi connectivity index (χ2n) is 5.54. The van der Waals surface area contributed by atoms with Crippen LogP contribution in [0.25, 0.3) is 11.1 Å². The summed E-state index contributed by atoms with van der Waals surface area (Å²) >= 11 is 0. The number of hydrogen-bond donors (Lipinski definition) is 0. The average molecular weight is 458 g/mol. The van der Waals surface area contributed by atoms with Gasteiger partial charge in [-0.1, -0.05) is 13.3 Å². The van der Waals surface area contributed by atoms with Gasteiger partial charge in [-0.05, 0) is 6.16 Å². The highest BCUT2D eigenvalue weighted by Gasteiger charge is 2.46. The molecule has 0 aromatic heterocycles. The third kappa shape index (κ3) is 3.78. The van der Waals surface area contributed by atoms with E-state index >= 15 is 0 Å². The average Bonchev–Trinajstić information content (AvgIpc) is 2.65. The summed E-state index contributed by atoms with van der Waals surface area (Å²) in [4.78, 5) is 0. The Labute approximate surface area is 155 Å². The van der Waals surface area contributed by atoms with Crippen molar-refractivity contribution in [2.75, 3.05) is 6.16 Å². The Morgan fingerprint density at radius 2 is 0.897 bits per heavy atom. The summed E-state index contributed by atoms with van der Waals surface area (Å²) in [6.45, 7) is 1.15. The molecule has 2 rings (SSSR count). The van der Waals surface area contributed by atoms with E-state index in [2.05, 4.69) is 0 Å². The summed E-state index contributed by atoms with van der Waals surface area (Å²) in [5.41, 5.74) is -4.55. The highest BCUT2D eigenvalue weighted by Crippen LogP contribution is 2.55. The van der Waals surface area contributed by atoms with E-state index < -0.39 is 88.8 Å². The van der Waals surface area contributed by atoms with Crippen LogP contribution in [0.4, 0.5) is 52.7 Å². The van der Waals surface area contributed by atoms with Crippen LogP contribution in [0.15, 0.2) is 0 Å². The number of benzene rings is 2. The minimum Gasteiger partial charge on any atom is -0.203 e. The molecule has 0 aliphatic carbocycles. The first-order valence-electron chi connectivity index (χ1n) is 7.49. The van der Waals surface area contributed by atoms with E-state index in [4.69, 9.17) is 0 Å². The van der Waals surface area contributed by atoms with Gasteiger partial charge in [-0.15, -0.1) is 0 Å². The maximum absolute atomic E-state index is 14.3. The highest BCUT2D eigenvalue weighted by atomic mass is 31.1. The van der Waals surface area contributed by atoms with Crippen molar-refractivity contribution < 1.29 is 52.7 Å². The fourth-order valence-electron chi connectivity index (χ4n) is 2.52. The Kier molecular flexibility index (Phi) is 6.46. The Morgan fingerprint density at radius 1 is 0.552 bits per heavy atom. The molecule has 0 radical (unpaired) electrons. The van der Waals surface area contributed by atoms with Crippen LogP contribution in [0, 0.1) is 52.4 Å². The number of rotatable bonds is 4. The number of hydrogen-bond acceptors (Lipinski definition) is 0. The van der Waals surface area contributed by atoms with E-state index in [1.807, 2.05) is 0 Å². The summed E-state index contributed by atoms with van der Waals surface area (Å²) in [7, 11) is -3.95. The van der Waals surface area contributed by atoms with Gasteiger partial charge in [0.2, 0.25) is 5.82 Å². The first-order valence-corrected chi connectivity index (χ1v) is 9.02. The smallest absolute Gasteiger partial charge is 0.203 e. The molecule has 0 N–H and O–H groups in total. The molecule has 0 nitrogen and oxygen atoms in total. The zero-order chi connectivity index (χ0) is 22.4. The summed E-state index contributed by atoms with van der Waals surface area (Å²) in [6, 6.07) is 0. The maximum Gasteiger partial charge on any atom is 0.409 e. The molecule has 0 aliphatic rings. The van der Waals surface area contributed by atoms with Crippen molar-refractivity contribution in [1.29, 1.82) is 0 Å². The van der Waals surface area contributed by atoms with Crippen LogP contribution < -0.4 is 5.30 Å². The lowest BCUT2D eigenvalue weighted by Crippen LogP contribution is -2.26. The van der Waals surface area contributed by atoms with Gasteiger partial charge in [-0.2, -0.15) is 13.2 Å². The van der Waals surface area contributed by atoms with E-state index in [1.165, 1.54) is 0 Å². The fourth-order valence-corrected chi connectivity index (χ4v) is 4.51. The van der Waals surface area contributed by atoms with Gasteiger partial charge in [0.15, 0.2) is 46.5 Å². The van der Waals surface area contributed by atoms with Crippen LogP contribution in [-0.2, 0) is 0 Å². The van der Waals surface area contributed by atoms with Gasteiger partial charge in [0.25, 0.3) is 0 Å². The van der Waals surface area contributed by atoms with Crippen LogP contribution >= 0.6 is 7.92 Å². The predicted octanol–water partition coefficient (Wildman–Crippen LogP) is 6.64. The van der Waals surface area contributed by atoms with E-state index in [0.717, 1.165) is 6.92 Å². The minimum atomic E-state index is -5.40. The highest BCUT2D eigenvalue weighted by molar-refractivity contribution is 7.66. The van der Waals surface area contributed by atoms with Crippen molar-refractivity contribution >= 4 is 13.2 Å². The van der Waals surface area contributed by atoms with Gasteiger partial charge in [0.1, 0.15) is 0 Å². The first-order chi connectivity index (χ1) is 13.3. The molecular formula is C16H7F12P. The zero-order valence-corrected chi connectivity index (χ0v) is 14.8. The largest absolute Gasteiger partial charge is 0.409 e. The lowest BCUT2D eigenvalue weighted by Gasteiger charge is -2.25. The van der Waals surface area contributed by atoms with Gasteiger partial charge in [0.05, 0.1) is 5.56 Å². The van der Waals surface area contributed by atoms with Crippen molar-refractivity contribution in [3.8, 4) is 11.1 Å². The fraction of sp³-hybridized carbons (Fsp3) is 0.250. The monoisotopic (exact) mass is 458 g/mol. The van der Waals surface area contributed by atoms with Gasteiger partial charge < -0.3 is 0 Å². The SMILES string of the molecule is CCCP(c1c(F)c(F)c(F)c(F)c1-c1c(F)c(F)c(F)c(F)c1F)C(F)(F)F. The third-order valence-electron chi connectivity index (χ3n) is 3.73. The van der Waals surface area contributed by atoms with E-state index in [9.17, 15) is 52.7 Å². The Balaban J connectivity index is 3.13. The van der Waals surface area contributed by atoms with Crippen molar-refractivity contribution in [3.05, 3.63) is 52.4 Å². The van der Waals surface area contributed by atoms with Crippen molar-refractivity contribution in [3.63, 3.8) is 0 Å². The Hall–Kier alpha value is -1.97. The Bertz CT molecular complexity index is 937. The molecule has 29 heavy (non-hydrogen) atoms.